The Morgan fingerprint density at radius 3 is 2.83 bits per heavy atom. The molecule has 2 heteroatoms. The summed E-state index contributed by atoms with van der Waals surface area (Å²) in [5, 5.41) is 0. The fourth-order valence-electron chi connectivity index (χ4n) is 0.918. The quantitative estimate of drug-likeness (QED) is 0.614. The molecule has 0 aliphatic carbocycles. The van der Waals surface area contributed by atoms with Crippen LogP contribution in [0, 0.1) is 6.92 Å². The number of hydrogen-bond acceptors (Lipinski definition) is 2. The zero-order chi connectivity index (χ0) is 8.97. The van der Waals surface area contributed by atoms with Gasteiger partial charge in [0.05, 0.1) is 6.26 Å². The third-order valence-corrected chi connectivity index (χ3v) is 1.52. The second kappa shape index (κ2) is 3.90. The summed E-state index contributed by atoms with van der Waals surface area (Å²) in [6.07, 6.45) is 5.55. The van der Waals surface area contributed by atoms with Crippen LogP contribution in [0.25, 0.3) is 0 Å². The van der Waals surface area contributed by atoms with Crippen molar-refractivity contribution in [2.75, 3.05) is 0 Å². The van der Waals surface area contributed by atoms with E-state index in [-0.39, 0.29) is 0 Å². The second-order valence-electron chi connectivity index (χ2n) is 2.66. The number of hydrogen-bond donors (Lipinski definition) is 0. The third kappa shape index (κ3) is 2.09. The van der Waals surface area contributed by atoms with Gasteiger partial charge in [0.25, 0.3) is 0 Å². The Bertz CT molecular complexity index is 307. The maximum Gasteiger partial charge on any atom is 0.221 e. The van der Waals surface area contributed by atoms with Crippen LogP contribution in [0.2, 0.25) is 0 Å². The zero-order valence-corrected chi connectivity index (χ0v) is 7.66. The number of furan rings is 1. The summed E-state index contributed by atoms with van der Waals surface area (Å²) in [5.74, 6) is 0.700. The lowest BCUT2D eigenvalue weighted by Crippen LogP contribution is -1.81. The predicted octanol–water partition coefficient (Wildman–Crippen LogP) is 3.26. The van der Waals surface area contributed by atoms with E-state index >= 15 is 0 Å². The van der Waals surface area contributed by atoms with Crippen molar-refractivity contribution in [2.45, 2.75) is 20.8 Å². The minimum Gasteiger partial charge on any atom is -0.446 e. The van der Waals surface area contributed by atoms with E-state index in [4.69, 9.17) is 4.42 Å². The van der Waals surface area contributed by atoms with Crippen LogP contribution in [0.5, 0.6) is 0 Å². The lowest BCUT2D eigenvalue weighted by Gasteiger charge is -1.90. The molecule has 0 unspecified atom stereocenters. The summed E-state index contributed by atoms with van der Waals surface area (Å²) in [6.45, 7) is 5.89. The first-order valence-electron chi connectivity index (χ1n) is 3.96. The van der Waals surface area contributed by atoms with Gasteiger partial charge in [0.1, 0.15) is 0 Å². The van der Waals surface area contributed by atoms with Gasteiger partial charge in [-0.3, -0.25) is 0 Å². The van der Waals surface area contributed by atoms with Gasteiger partial charge in [-0.15, -0.1) is 0 Å². The monoisotopic (exact) mass is 163 g/mol. The van der Waals surface area contributed by atoms with E-state index < -0.39 is 0 Å². The lowest BCUT2D eigenvalue weighted by atomic mass is 10.3. The smallest absolute Gasteiger partial charge is 0.221 e. The molecule has 0 fully saturated rings. The Morgan fingerprint density at radius 2 is 2.33 bits per heavy atom. The van der Waals surface area contributed by atoms with Crippen molar-refractivity contribution in [1.82, 2.24) is 0 Å². The molecule has 0 saturated heterocycles. The molecule has 12 heavy (non-hydrogen) atoms. The largest absolute Gasteiger partial charge is 0.446 e. The fourth-order valence-corrected chi connectivity index (χ4v) is 0.918. The molecule has 0 N–H and O–H groups in total. The first kappa shape index (κ1) is 8.78. The topological polar surface area (TPSA) is 25.5 Å². The minimum absolute atomic E-state index is 0.700. The number of nitrogens with zero attached hydrogens (tertiary/aromatic N) is 1. The van der Waals surface area contributed by atoms with Crippen molar-refractivity contribution >= 4 is 11.6 Å². The van der Waals surface area contributed by atoms with Crippen LogP contribution in [-0.2, 0) is 0 Å². The third-order valence-electron chi connectivity index (χ3n) is 1.52. The molecule has 0 aromatic carbocycles. The highest BCUT2D eigenvalue weighted by molar-refractivity contribution is 5.94. The Hall–Kier alpha value is -1.31. The number of aliphatic imine (C=N–C) groups is 1. The first-order chi connectivity index (χ1) is 5.74. The highest BCUT2D eigenvalue weighted by Crippen LogP contribution is 2.18. The Morgan fingerprint density at radius 1 is 1.58 bits per heavy atom. The molecule has 0 aliphatic rings. The summed E-state index contributed by atoms with van der Waals surface area (Å²) in [7, 11) is 0. The maximum atomic E-state index is 5.16. The van der Waals surface area contributed by atoms with Crippen molar-refractivity contribution in [1.29, 1.82) is 0 Å². The zero-order valence-electron chi connectivity index (χ0n) is 7.66. The van der Waals surface area contributed by atoms with E-state index in [1.165, 1.54) is 0 Å². The molecule has 0 spiro atoms. The molecule has 1 rings (SSSR count). The van der Waals surface area contributed by atoms with Crippen LogP contribution in [0.15, 0.2) is 33.9 Å². The molecule has 0 aliphatic heterocycles. The average Bonchev–Trinajstić information content (AvgIpc) is 2.37. The molecular formula is C10H13NO. The van der Waals surface area contributed by atoms with E-state index in [1.54, 1.807) is 6.26 Å². The van der Waals surface area contributed by atoms with Crippen molar-refractivity contribution in [3.8, 4) is 0 Å². The van der Waals surface area contributed by atoms with Crippen LogP contribution >= 0.6 is 0 Å². The van der Waals surface area contributed by atoms with Crippen molar-refractivity contribution < 1.29 is 4.42 Å². The summed E-state index contributed by atoms with van der Waals surface area (Å²) >= 11 is 0. The highest BCUT2D eigenvalue weighted by atomic mass is 16.3. The van der Waals surface area contributed by atoms with Crippen LogP contribution in [0.4, 0.5) is 5.88 Å². The van der Waals surface area contributed by atoms with Gasteiger partial charge < -0.3 is 4.42 Å². The molecule has 0 radical (unpaired) electrons. The van der Waals surface area contributed by atoms with Gasteiger partial charge in [0.2, 0.25) is 5.88 Å². The molecule has 0 bridgehead atoms. The molecular weight excluding hydrogens is 150 g/mol. The minimum atomic E-state index is 0.700. The molecule has 1 aromatic heterocycles. The fraction of sp³-hybridized carbons (Fsp3) is 0.300. The van der Waals surface area contributed by atoms with Gasteiger partial charge in [-0.1, -0.05) is 6.08 Å². The van der Waals surface area contributed by atoms with Crippen LogP contribution < -0.4 is 0 Å². The van der Waals surface area contributed by atoms with E-state index in [9.17, 15) is 0 Å². The van der Waals surface area contributed by atoms with Gasteiger partial charge >= 0.3 is 0 Å². The van der Waals surface area contributed by atoms with Crippen molar-refractivity contribution in [3.05, 3.63) is 30.0 Å². The SMILES string of the molecule is C/C=C\C(C)=N/c1occc1C. The normalized spacial score (nSPS) is 12.8. The molecule has 1 heterocycles. The Kier molecular flexibility index (Phi) is 2.86. The van der Waals surface area contributed by atoms with Crippen molar-refractivity contribution in [2.24, 2.45) is 4.99 Å². The van der Waals surface area contributed by atoms with Crippen LogP contribution in [-0.4, -0.2) is 5.71 Å². The standard InChI is InChI=1S/C10H13NO/c1-4-5-9(3)11-10-8(2)6-7-12-10/h4-7H,1-3H3/b5-4-,11-9-. The number of rotatable bonds is 2. The average molecular weight is 163 g/mol. The number of allylic oxidation sites excluding steroid dienone is 2. The Labute approximate surface area is 72.6 Å². The molecule has 1 aromatic rings. The van der Waals surface area contributed by atoms with Crippen LogP contribution in [0.1, 0.15) is 19.4 Å². The predicted molar refractivity (Wildman–Crippen MR) is 51.0 cm³/mol. The van der Waals surface area contributed by atoms with E-state index in [0.29, 0.717) is 5.88 Å². The second-order valence-corrected chi connectivity index (χ2v) is 2.66. The number of aryl methyl sites for hydroxylation is 1. The maximum absolute atomic E-state index is 5.16. The summed E-state index contributed by atoms with van der Waals surface area (Å²) in [4.78, 5) is 4.27. The van der Waals surface area contributed by atoms with E-state index in [2.05, 4.69) is 4.99 Å². The van der Waals surface area contributed by atoms with Gasteiger partial charge in [0, 0.05) is 11.3 Å². The summed E-state index contributed by atoms with van der Waals surface area (Å²) in [6, 6.07) is 1.90. The molecule has 2 nitrogen and oxygen atoms in total. The molecule has 0 atom stereocenters. The van der Waals surface area contributed by atoms with E-state index in [1.807, 2.05) is 39.0 Å². The molecule has 0 amide bonds. The van der Waals surface area contributed by atoms with E-state index in [0.717, 1.165) is 11.3 Å². The van der Waals surface area contributed by atoms with Gasteiger partial charge in [-0.05, 0) is 32.9 Å². The van der Waals surface area contributed by atoms with Gasteiger partial charge in [-0.25, -0.2) is 4.99 Å². The Balaban J connectivity index is 2.87. The highest BCUT2D eigenvalue weighted by Gasteiger charge is 1.97. The summed E-state index contributed by atoms with van der Waals surface area (Å²) < 4.78 is 5.16. The first-order valence-corrected chi connectivity index (χ1v) is 3.96. The molecule has 0 saturated carbocycles. The van der Waals surface area contributed by atoms with Gasteiger partial charge in [-0.2, -0.15) is 0 Å². The van der Waals surface area contributed by atoms with Crippen LogP contribution in [0.3, 0.4) is 0 Å². The summed E-state index contributed by atoms with van der Waals surface area (Å²) in [5.41, 5.74) is 2.02. The molecule has 64 valence electrons. The lowest BCUT2D eigenvalue weighted by molar-refractivity contribution is 0.576. The van der Waals surface area contributed by atoms with Gasteiger partial charge in [0.15, 0.2) is 0 Å². The van der Waals surface area contributed by atoms with Crippen molar-refractivity contribution in [3.63, 3.8) is 0 Å².